The fourth-order valence-corrected chi connectivity index (χ4v) is 12.2. The van der Waals surface area contributed by atoms with Crippen molar-refractivity contribution >= 4 is 40.3 Å². The lowest BCUT2D eigenvalue weighted by atomic mass is 9.61. The third-order valence-electron chi connectivity index (χ3n) is 12.8. The van der Waals surface area contributed by atoms with Gasteiger partial charge in [0, 0.05) is 33.1 Å². The summed E-state index contributed by atoms with van der Waals surface area (Å²) < 4.78 is 7.69. The molecule has 3 aliphatic rings. The Morgan fingerprint density at radius 1 is 0.784 bits per heavy atom. The summed E-state index contributed by atoms with van der Waals surface area (Å²) in [5, 5.41) is 3.86. The van der Waals surface area contributed by atoms with Gasteiger partial charge in [-0.05, 0) is 98.9 Å². The molecule has 4 unspecified atom stereocenters. The largest absolute Gasteiger partial charge is 0.447 e. The van der Waals surface area contributed by atoms with Gasteiger partial charge < -0.3 is 4.20 Å². The van der Waals surface area contributed by atoms with E-state index in [-0.39, 0.29) is 27.8 Å². The first kappa shape index (κ1) is 32.8. The molecule has 3 heteroatoms. The van der Waals surface area contributed by atoms with Crippen LogP contribution in [0.5, 0.6) is 0 Å². The highest BCUT2D eigenvalue weighted by molar-refractivity contribution is 7.50. The molecular formula is C48H50NOP. The Hall–Kier alpha value is -4.13. The molecule has 4 aromatic carbocycles. The molecule has 0 radical (unpaired) electrons. The number of rotatable bonds is 1. The van der Waals surface area contributed by atoms with Crippen LogP contribution in [0, 0.1) is 32.1 Å². The quantitative estimate of drug-likeness (QED) is 0.172. The van der Waals surface area contributed by atoms with Gasteiger partial charge in [0.05, 0.1) is 18.9 Å². The number of hydrogen-bond donors (Lipinski definition) is 0. The van der Waals surface area contributed by atoms with Crippen LogP contribution in [0.2, 0.25) is 0 Å². The molecular weight excluding hydrogens is 638 g/mol. The Labute approximate surface area is 304 Å². The Kier molecular flexibility index (Phi) is 6.88. The zero-order chi connectivity index (χ0) is 35.9. The smallest absolute Gasteiger partial charge is 0.159 e. The van der Waals surface area contributed by atoms with Crippen molar-refractivity contribution < 1.29 is 4.20 Å². The molecule has 2 nitrogen and oxygen atoms in total. The van der Waals surface area contributed by atoms with Gasteiger partial charge in [-0.2, -0.15) is 0 Å². The molecule has 9 rings (SSSR count). The molecule has 0 saturated carbocycles. The van der Waals surface area contributed by atoms with Crippen LogP contribution in [0.3, 0.4) is 0 Å². The lowest BCUT2D eigenvalue weighted by molar-refractivity contribution is 0.463. The minimum atomic E-state index is -1.08. The summed E-state index contributed by atoms with van der Waals surface area (Å²) in [6.07, 6.45) is 7.57. The molecule has 0 amide bonds. The number of fused-ring (bicyclic) bond motifs is 7. The van der Waals surface area contributed by atoms with Gasteiger partial charge in [-0.3, -0.25) is 0 Å². The summed E-state index contributed by atoms with van der Waals surface area (Å²) in [5.74, 6) is 0.556. The van der Waals surface area contributed by atoms with Gasteiger partial charge in [0.1, 0.15) is 5.52 Å². The van der Waals surface area contributed by atoms with Gasteiger partial charge in [0.2, 0.25) is 0 Å². The molecule has 2 aromatic heterocycles. The van der Waals surface area contributed by atoms with E-state index in [0.29, 0.717) is 5.92 Å². The van der Waals surface area contributed by atoms with Gasteiger partial charge in [0.25, 0.3) is 0 Å². The van der Waals surface area contributed by atoms with Crippen LogP contribution in [0.25, 0.3) is 43.6 Å². The minimum Gasteiger partial charge on any atom is -0.447 e. The fraction of sp³-hybridized carbons (Fsp3) is 0.354. The maximum absolute atomic E-state index is 7.69. The van der Waals surface area contributed by atoms with Crippen molar-refractivity contribution in [3.63, 3.8) is 0 Å². The van der Waals surface area contributed by atoms with Crippen LogP contribution >= 0.6 is 7.77 Å². The lowest BCUT2D eigenvalue weighted by Crippen LogP contribution is -2.34. The van der Waals surface area contributed by atoms with Crippen molar-refractivity contribution in [1.82, 2.24) is 4.98 Å². The normalized spacial score (nSPS) is 20.8. The van der Waals surface area contributed by atoms with E-state index in [0.717, 1.165) is 16.6 Å². The molecule has 2 aliphatic carbocycles. The average molecular weight is 688 g/mol. The number of allylic oxidation sites excluding steroid dienone is 4. The second-order valence-electron chi connectivity index (χ2n) is 18.1. The van der Waals surface area contributed by atoms with Gasteiger partial charge >= 0.3 is 0 Å². The van der Waals surface area contributed by atoms with Crippen LogP contribution in [0.1, 0.15) is 111 Å². The molecule has 51 heavy (non-hydrogen) atoms. The topological polar surface area (TPSA) is 26.0 Å². The molecule has 0 spiro atoms. The molecule has 3 heterocycles. The highest BCUT2D eigenvalue weighted by Gasteiger charge is 2.48. The Balaban J connectivity index is 1.47. The van der Waals surface area contributed by atoms with Crippen LogP contribution < -0.4 is 0 Å². The van der Waals surface area contributed by atoms with E-state index in [9.17, 15) is 0 Å². The first-order chi connectivity index (χ1) is 24.1. The maximum atomic E-state index is 7.69. The average Bonchev–Trinajstić information content (AvgIpc) is 3.09. The first-order valence-corrected chi connectivity index (χ1v) is 20.1. The highest BCUT2D eigenvalue weighted by atomic mass is 31.1. The van der Waals surface area contributed by atoms with Gasteiger partial charge in [-0.25, -0.2) is 4.98 Å². The van der Waals surface area contributed by atoms with Gasteiger partial charge in [-0.15, -0.1) is 0 Å². The number of pyridine rings is 1. The molecule has 2 bridgehead atoms. The van der Waals surface area contributed by atoms with E-state index in [1.54, 1.807) is 0 Å². The van der Waals surface area contributed by atoms with Crippen molar-refractivity contribution in [3.05, 3.63) is 135 Å². The van der Waals surface area contributed by atoms with Crippen LogP contribution in [-0.4, -0.2) is 4.98 Å². The summed E-state index contributed by atoms with van der Waals surface area (Å²) in [5.41, 5.74) is 18.2. The Morgan fingerprint density at radius 2 is 1.51 bits per heavy atom. The third kappa shape index (κ3) is 4.58. The molecule has 0 fully saturated rings. The van der Waals surface area contributed by atoms with Crippen LogP contribution in [0.15, 0.2) is 94.7 Å². The molecule has 0 saturated heterocycles. The zero-order valence-corrected chi connectivity index (χ0v) is 33.0. The Bertz CT molecular complexity index is 2550. The van der Waals surface area contributed by atoms with Crippen molar-refractivity contribution in [2.45, 2.75) is 98.6 Å². The van der Waals surface area contributed by atoms with E-state index >= 15 is 0 Å². The number of aryl methyl sites for hydroxylation is 2. The van der Waals surface area contributed by atoms with Crippen molar-refractivity contribution in [3.8, 4) is 11.1 Å². The molecule has 6 aromatic rings. The fourth-order valence-electron chi connectivity index (χ4n) is 9.56. The van der Waals surface area contributed by atoms with Gasteiger partial charge in [-0.1, -0.05) is 134 Å². The zero-order valence-electron chi connectivity index (χ0n) is 32.1. The van der Waals surface area contributed by atoms with E-state index in [4.69, 9.17) is 9.18 Å². The second-order valence-corrected chi connectivity index (χ2v) is 20.0. The molecule has 0 N–H and O–H groups in total. The van der Waals surface area contributed by atoms with E-state index in [2.05, 4.69) is 161 Å². The van der Waals surface area contributed by atoms with Crippen molar-refractivity contribution in [2.24, 2.45) is 11.3 Å². The summed E-state index contributed by atoms with van der Waals surface area (Å²) in [6.45, 7) is 25.5. The van der Waals surface area contributed by atoms with E-state index in [1.807, 2.05) is 0 Å². The maximum Gasteiger partial charge on any atom is 0.159 e. The standard InChI is InChI=1S/C48H50NOP/c1-26-27(2)40-34(29-16-18-30(19-17-29)46(4,5)6)25-38-33-21-22-37-42-41(32-14-12-13-15-36(32)48(37,10)11)35-24-31(47(7,8)9)20-23-39(35)51(45(33)42)50-44(28(26)3)43(40)49-38/h12-25,35,39,41H,1-11H3. The monoisotopic (exact) mass is 687 g/mol. The first-order valence-electron chi connectivity index (χ1n) is 18.8. The Morgan fingerprint density at radius 3 is 2.22 bits per heavy atom. The molecule has 4 atom stereocenters. The predicted molar refractivity (Wildman–Crippen MR) is 219 cm³/mol. The number of aromatic nitrogens is 1. The van der Waals surface area contributed by atoms with Crippen LogP contribution in [-0.2, 0) is 10.8 Å². The number of nitrogens with zero attached hydrogens (tertiary/aromatic N) is 1. The van der Waals surface area contributed by atoms with Crippen LogP contribution in [0.4, 0.5) is 0 Å². The van der Waals surface area contributed by atoms with Crippen molar-refractivity contribution in [1.29, 1.82) is 0 Å². The predicted octanol–water partition coefficient (Wildman–Crippen LogP) is 14.1. The number of hydrogen-bond acceptors (Lipinski definition) is 2. The van der Waals surface area contributed by atoms with Gasteiger partial charge in [0.15, 0.2) is 5.58 Å². The molecule has 1 aliphatic heterocycles. The second kappa shape index (κ2) is 10.7. The van der Waals surface area contributed by atoms with E-state index < -0.39 is 7.77 Å². The highest BCUT2D eigenvalue weighted by Crippen LogP contribution is 2.67. The SMILES string of the molecule is Cc1c(C)c2op3c4c5c(ccc4c4cc(-c6ccc(C(C)(C)C)cc6)c(c1C)c2n4)C(C)(C)c1ccccc1C5C1C=C(C(C)(C)C)C=CC13. The number of benzene rings is 4. The summed E-state index contributed by atoms with van der Waals surface area (Å²) >= 11 is 0. The third-order valence-corrected chi connectivity index (χ3v) is 15.1. The minimum absolute atomic E-state index is 0.0641. The summed E-state index contributed by atoms with van der Waals surface area (Å²) in [6, 6.07) is 25.7. The van der Waals surface area contributed by atoms with Crippen molar-refractivity contribution in [2.75, 3.05) is 0 Å². The summed E-state index contributed by atoms with van der Waals surface area (Å²) in [4.78, 5) is 5.58. The lowest BCUT2D eigenvalue weighted by Gasteiger charge is -2.47. The summed E-state index contributed by atoms with van der Waals surface area (Å²) in [7, 11) is -1.08. The molecule has 258 valence electrons. The van der Waals surface area contributed by atoms with E-state index in [1.165, 1.54) is 77.1 Å².